The molecule has 2 aromatic rings. The second-order valence-corrected chi connectivity index (χ2v) is 5.43. The van der Waals surface area contributed by atoms with Crippen LogP contribution in [0.1, 0.15) is 28.3 Å². The first-order valence-corrected chi connectivity index (χ1v) is 7.19. The summed E-state index contributed by atoms with van der Waals surface area (Å²) in [5, 5.41) is 2.91. The highest BCUT2D eigenvalue weighted by molar-refractivity contribution is 5.79. The number of rotatable bonds is 5. The van der Waals surface area contributed by atoms with Crippen LogP contribution in [0.3, 0.4) is 0 Å². The lowest BCUT2D eigenvalue weighted by molar-refractivity contribution is -0.120. The molecule has 0 saturated carbocycles. The van der Waals surface area contributed by atoms with E-state index in [0.717, 1.165) is 16.7 Å². The normalized spacial score (nSPS) is 12.0. The fraction of sp³-hybridized carbons (Fsp3) is 0.278. The number of benzene rings is 2. The van der Waals surface area contributed by atoms with Gasteiger partial charge in [-0.3, -0.25) is 4.79 Å². The zero-order valence-corrected chi connectivity index (χ0v) is 12.6. The van der Waals surface area contributed by atoms with E-state index in [4.69, 9.17) is 5.73 Å². The fourth-order valence-electron chi connectivity index (χ4n) is 2.27. The molecule has 0 saturated heterocycles. The molecule has 3 N–H and O–H groups in total. The largest absolute Gasteiger partial charge is 0.354 e. The Morgan fingerprint density at radius 2 is 1.86 bits per heavy atom. The molecule has 21 heavy (non-hydrogen) atoms. The van der Waals surface area contributed by atoms with Crippen molar-refractivity contribution in [3.8, 4) is 0 Å². The number of nitrogens with one attached hydrogen (secondary N) is 1. The summed E-state index contributed by atoms with van der Waals surface area (Å²) in [5.74, 6) is 0.00933. The Morgan fingerprint density at radius 1 is 1.14 bits per heavy atom. The number of carbonyl (C=O) groups excluding carboxylic acids is 1. The molecule has 0 radical (unpaired) electrons. The average Bonchev–Trinajstić information content (AvgIpc) is 2.49. The van der Waals surface area contributed by atoms with Crippen LogP contribution in [-0.2, 0) is 11.2 Å². The van der Waals surface area contributed by atoms with Crippen LogP contribution in [-0.4, -0.2) is 12.5 Å². The predicted octanol–water partition coefficient (Wildman–Crippen LogP) is 2.66. The fourth-order valence-corrected chi connectivity index (χ4v) is 2.27. The predicted molar refractivity (Wildman–Crippen MR) is 86.0 cm³/mol. The van der Waals surface area contributed by atoms with Gasteiger partial charge in [-0.1, -0.05) is 54.1 Å². The first-order chi connectivity index (χ1) is 10.1. The molecule has 0 aromatic heterocycles. The van der Waals surface area contributed by atoms with E-state index in [1.807, 2.05) is 50.2 Å². The third-order valence-electron chi connectivity index (χ3n) is 3.60. The number of hydrogen-bond acceptors (Lipinski definition) is 2. The van der Waals surface area contributed by atoms with Crippen LogP contribution in [0, 0.1) is 13.8 Å². The van der Waals surface area contributed by atoms with Crippen molar-refractivity contribution in [3.05, 3.63) is 70.8 Å². The molecular formula is C18H22N2O. The SMILES string of the molecule is Cc1ccc(C)c(CC(=O)NCC(N)c2ccccc2)c1. The van der Waals surface area contributed by atoms with Gasteiger partial charge in [0, 0.05) is 12.6 Å². The Morgan fingerprint density at radius 3 is 2.57 bits per heavy atom. The molecule has 0 heterocycles. The van der Waals surface area contributed by atoms with E-state index in [9.17, 15) is 4.79 Å². The maximum Gasteiger partial charge on any atom is 0.224 e. The van der Waals surface area contributed by atoms with Crippen molar-refractivity contribution in [1.29, 1.82) is 0 Å². The van der Waals surface area contributed by atoms with E-state index in [2.05, 4.69) is 17.4 Å². The van der Waals surface area contributed by atoms with Crippen molar-refractivity contribution in [2.75, 3.05) is 6.54 Å². The van der Waals surface area contributed by atoms with Crippen LogP contribution >= 0.6 is 0 Å². The number of hydrogen-bond donors (Lipinski definition) is 2. The molecule has 0 aliphatic carbocycles. The monoisotopic (exact) mass is 282 g/mol. The maximum atomic E-state index is 12.0. The molecule has 1 amide bonds. The molecule has 0 aliphatic rings. The van der Waals surface area contributed by atoms with Crippen molar-refractivity contribution in [2.24, 2.45) is 5.73 Å². The molecule has 3 nitrogen and oxygen atoms in total. The lowest BCUT2D eigenvalue weighted by Crippen LogP contribution is -2.33. The van der Waals surface area contributed by atoms with Gasteiger partial charge in [0.1, 0.15) is 0 Å². The van der Waals surface area contributed by atoms with Crippen molar-refractivity contribution >= 4 is 5.91 Å². The lowest BCUT2D eigenvalue weighted by Gasteiger charge is -2.14. The van der Waals surface area contributed by atoms with Gasteiger partial charge in [0.25, 0.3) is 0 Å². The van der Waals surface area contributed by atoms with Crippen molar-refractivity contribution in [1.82, 2.24) is 5.32 Å². The summed E-state index contributed by atoms with van der Waals surface area (Å²) in [7, 11) is 0. The molecule has 0 bridgehead atoms. The maximum absolute atomic E-state index is 12.0. The van der Waals surface area contributed by atoms with Gasteiger partial charge in [0.15, 0.2) is 0 Å². The highest BCUT2D eigenvalue weighted by Gasteiger charge is 2.09. The van der Waals surface area contributed by atoms with Gasteiger partial charge < -0.3 is 11.1 Å². The minimum Gasteiger partial charge on any atom is -0.354 e. The van der Waals surface area contributed by atoms with Gasteiger partial charge in [0.2, 0.25) is 5.91 Å². The summed E-state index contributed by atoms with van der Waals surface area (Å²) in [5.41, 5.74) is 10.5. The van der Waals surface area contributed by atoms with Crippen LogP contribution < -0.4 is 11.1 Å². The van der Waals surface area contributed by atoms with E-state index in [1.54, 1.807) is 0 Å². The van der Waals surface area contributed by atoms with E-state index in [-0.39, 0.29) is 11.9 Å². The van der Waals surface area contributed by atoms with Crippen LogP contribution in [0.5, 0.6) is 0 Å². The van der Waals surface area contributed by atoms with Crippen LogP contribution in [0.15, 0.2) is 48.5 Å². The van der Waals surface area contributed by atoms with Gasteiger partial charge >= 0.3 is 0 Å². The Bertz CT molecular complexity index is 608. The minimum atomic E-state index is -0.172. The zero-order chi connectivity index (χ0) is 15.2. The van der Waals surface area contributed by atoms with Gasteiger partial charge in [-0.05, 0) is 30.5 Å². The summed E-state index contributed by atoms with van der Waals surface area (Å²) in [6, 6.07) is 15.8. The molecule has 0 fully saturated rings. The van der Waals surface area contributed by atoms with Crippen LogP contribution in [0.25, 0.3) is 0 Å². The number of nitrogens with two attached hydrogens (primary N) is 1. The molecular weight excluding hydrogens is 260 g/mol. The van der Waals surface area contributed by atoms with E-state index in [0.29, 0.717) is 13.0 Å². The summed E-state index contributed by atoms with van der Waals surface area (Å²) in [6.07, 6.45) is 0.398. The van der Waals surface area contributed by atoms with Gasteiger partial charge in [-0.2, -0.15) is 0 Å². The summed E-state index contributed by atoms with van der Waals surface area (Å²) >= 11 is 0. The van der Waals surface area contributed by atoms with Crippen molar-refractivity contribution in [2.45, 2.75) is 26.3 Å². The van der Waals surface area contributed by atoms with Gasteiger partial charge in [0.05, 0.1) is 6.42 Å². The third-order valence-corrected chi connectivity index (χ3v) is 3.60. The highest BCUT2D eigenvalue weighted by atomic mass is 16.1. The Balaban J connectivity index is 1.89. The molecule has 0 spiro atoms. The van der Waals surface area contributed by atoms with Crippen molar-refractivity contribution < 1.29 is 4.79 Å². The molecule has 2 aromatic carbocycles. The van der Waals surface area contributed by atoms with Gasteiger partial charge in [-0.25, -0.2) is 0 Å². The minimum absolute atomic E-state index is 0.00933. The van der Waals surface area contributed by atoms with E-state index < -0.39 is 0 Å². The van der Waals surface area contributed by atoms with E-state index >= 15 is 0 Å². The molecule has 2 rings (SSSR count). The molecule has 3 heteroatoms. The Hall–Kier alpha value is -2.13. The molecule has 1 atom stereocenters. The molecule has 1 unspecified atom stereocenters. The third kappa shape index (κ3) is 4.43. The smallest absolute Gasteiger partial charge is 0.224 e. The van der Waals surface area contributed by atoms with Gasteiger partial charge in [-0.15, -0.1) is 0 Å². The second-order valence-electron chi connectivity index (χ2n) is 5.43. The number of amides is 1. The van der Waals surface area contributed by atoms with Crippen LogP contribution in [0.2, 0.25) is 0 Å². The number of carbonyl (C=O) groups is 1. The second kappa shape index (κ2) is 7.04. The lowest BCUT2D eigenvalue weighted by atomic mass is 10.0. The summed E-state index contributed by atoms with van der Waals surface area (Å²) in [4.78, 5) is 12.0. The highest BCUT2D eigenvalue weighted by Crippen LogP contribution is 2.12. The average molecular weight is 282 g/mol. The first-order valence-electron chi connectivity index (χ1n) is 7.19. The summed E-state index contributed by atoms with van der Waals surface area (Å²) < 4.78 is 0. The molecule has 110 valence electrons. The first kappa shape index (κ1) is 15.3. The molecule has 0 aliphatic heterocycles. The number of aryl methyl sites for hydroxylation is 2. The standard InChI is InChI=1S/C18H22N2O/c1-13-8-9-14(2)16(10-13)11-18(21)20-12-17(19)15-6-4-3-5-7-15/h3-10,17H,11-12,19H2,1-2H3,(H,20,21). The van der Waals surface area contributed by atoms with E-state index in [1.165, 1.54) is 5.56 Å². The van der Waals surface area contributed by atoms with Crippen molar-refractivity contribution in [3.63, 3.8) is 0 Å². The van der Waals surface area contributed by atoms with Crippen LogP contribution in [0.4, 0.5) is 0 Å². The Labute approximate surface area is 126 Å². The zero-order valence-electron chi connectivity index (χ0n) is 12.6. The quantitative estimate of drug-likeness (QED) is 0.886. The Kier molecular flexibility index (Phi) is 5.12. The summed E-state index contributed by atoms with van der Waals surface area (Å²) in [6.45, 7) is 4.51. The topological polar surface area (TPSA) is 55.1 Å².